The van der Waals surface area contributed by atoms with Crippen molar-refractivity contribution in [1.29, 1.82) is 0 Å². The van der Waals surface area contributed by atoms with E-state index in [2.05, 4.69) is 4.98 Å². The fourth-order valence-electron chi connectivity index (χ4n) is 0.920. The summed E-state index contributed by atoms with van der Waals surface area (Å²) in [5, 5.41) is 9.01. The van der Waals surface area contributed by atoms with Gasteiger partial charge in [-0.2, -0.15) is 4.39 Å². The van der Waals surface area contributed by atoms with Crippen molar-refractivity contribution in [3.8, 4) is 0 Å². The lowest BCUT2D eigenvalue weighted by atomic mass is 10.1. The lowest BCUT2D eigenvalue weighted by Gasteiger charge is -2.14. The molecule has 1 rings (SSSR count). The number of nitrogens with two attached hydrogens (primary N) is 1. The SMILES string of the molecule is C[C@@H](O)[C@H](N)c1nc(F)c(F)cc1F. The zero-order valence-electron chi connectivity index (χ0n) is 7.34. The van der Waals surface area contributed by atoms with E-state index in [4.69, 9.17) is 10.8 Å². The van der Waals surface area contributed by atoms with Crippen LogP contribution in [-0.4, -0.2) is 16.2 Å². The number of pyridine rings is 1. The zero-order chi connectivity index (χ0) is 10.9. The number of hydrogen-bond donors (Lipinski definition) is 2. The first-order valence-corrected chi connectivity index (χ1v) is 3.88. The number of nitrogens with zero attached hydrogens (tertiary/aromatic N) is 1. The molecule has 0 amide bonds. The number of rotatable bonds is 2. The van der Waals surface area contributed by atoms with E-state index in [1.807, 2.05) is 0 Å². The summed E-state index contributed by atoms with van der Waals surface area (Å²) in [6.45, 7) is 1.30. The maximum absolute atomic E-state index is 13.0. The Morgan fingerprint density at radius 3 is 2.43 bits per heavy atom. The van der Waals surface area contributed by atoms with Crippen LogP contribution in [-0.2, 0) is 0 Å². The predicted octanol–water partition coefficient (Wildman–Crippen LogP) is 0.879. The molecule has 1 aromatic heterocycles. The third-order valence-electron chi connectivity index (χ3n) is 1.75. The molecule has 2 atom stereocenters. The molecule has 1 heterocycles. The molecule has 0 bridgehead atoms. The number of aromatic nitrogens is 1. The van der Waals surface area contributed by atoms with Gasteiger partial charge in [0, 0.05) is 6.07 Å². The lowest BCUT2D eigenvalue weighted by molar-refractivity contribution is 0.159. The van der Waals surface area contributed by atoms with Gasteiger partial charge in [0.15, 0.2) is 5.82 Å². The van der Waals surface area contributed by atoms with Crippen molar-refractivity contribution in [1.82, 2.24) is 4.98 Å². The van der Waals surface area contributed by atoms with E-state index < -0.39 is 35.4 Å². The van der Waals surface area contributed by atoms with E-state index in [1.165, 1.54) is 6.92 Å². The summed E-state index contributed by atoms with van der Waals surface area (Å²) in [6.07, 6.45) is -1.10. The number of hydrogen-bond acceptors (Lipinski definition) is 3. The maximum atomic E-state index is 13.0. The molecule has 0 saturated carbocycles. The average molecular weight is 206 g/mol. The number of halogens is 3. The standard InChI is InChI=1S/C8H9F3N2O/c1-3(14)6(12)7-4(9)2-5(10)8(11)13-7/h2-3,6,14H,12H2,1H3/t3-,6+/m1/s1. The van der Waals surface area contributed by atoms with Crippen molar-refractivity contribution in [2.45, 2.75) is 19.1 Å². The highest BCUT2D eigenvalue weighted by Crippen LogP contribution is 2.17. The Balaban J connectivity index is 3.15. The third-order valence-corrected chi connectivity index (χ3v) is 1.75. The van der Waals surface area contributed by atoms with Crippen LogP contribution in [0, 0.1) is 17.6 Å². The Kier molecular flexibility index (Phi) is 3.07. The topological polar surface area (TPSA) is 59.1 Å². The summed E-state index contributed by atoms with van der Waals surface area (Å²) >= 11 is 0. The Labute approximate surface area is 78.4 Å². The van der Waals surface area contributed by atoms with Gasteiger partial charge in [0.1, 0.15) is 5.82 Å². The van der Waals surface area contributed by atoms with E-state index in [0.717, 1.165) is 0 Å². The summed E-state index contributed by atoms with van der Waals surface area (Å²) in [4.78, 5) is 2.99. The zero-order valence-corrected chi connectivity index (χ0v) is 7.34. The lowest BCUT2D eigenvalue weighted by Crippen LogP contribution is -2.26. The smallest absolute Gasteiger partial charge is 0.249 e. The van der Waals surface area contributed by atoms with Gasteiger partial charge in [0.25, 0.3) is 0 Å². The molecule has 14 heavy (non-hydrogen) atoms. The van der Waals surface area contributed by atoms with Crippen molar-refractivity contribution in [2.75, 3.05) is 0 Å². The molecule has 0 fully saturated rings. The van der Waals surface area contributed by atoms with Gasteiger partial charge in [0.2, 0.25) is 5.95 Å². The molecule has 0 spiro atoms. The Hall–Kier alpha value is -1.14. The van der Waals surface area contributed by atoms with Gasteiger partial charge in [0.05, 0.1) is 17.8 Å². The first kappa shape index (κ1) is 10.9. The van der Waals surface area contributed by atoms with Crippen LogP contribution in [0.15, 0.2) is 6.07 Å². The van der Waals surface area contributed by atoms with Crippen LogP contribution < -0.4 is 5.73 Å². The van der Waals surface area contributed by atoms with E-state index in [0.29, 0.717) is 6.07 Å². The van der Waals surface area contributed by atoms with Crippen molar-refractivity contribution in [3.63, 3.8) is 0 Å². The highest BCUT2D eigenvalue weighted by Gasteiger charge is 2.20. The summed E-state index contributed by atoms with van der Waals surface area (Å²) in [5.74, 6) is -3.89. The van der Waals surface area contributed by atoms with Gasteiger partial charge < -0.3 is 10.8 Å². The molecule has 3 N–H and O–H groups in total. The van der Waals surface area contributed by atoms with Gasteiger partial charge in [-0.15, -0.1) is 0 Å². The quantitative estimate of drug-likeness (QED) is 0.706. The van der Waals surface area contributed by atoms with Gasteiger partial charge >= 0.3 is 0 Å². The molecular weight excluding hydrogens is 197 g/mol. The third kappa shape index (κ3) is 2.02. The van der Waals surface area contributed by atoms with E-state index in [1.54, 1.807) is 0 Å². The normalized spacial score (nSPS) is 15.3. The van der Waals surface area contributed by atoms with Crippen molar-refractivity contribution in [3.05, 3.63) is 29.3 Å². The van der Waals surface area contributed by atoms with E-state index >= 15 is 0 Å². The largest absolute Gasteiger partial charge is 0.391 e. The van der Waals surface area contributed by atoms with Crippen molar-refractivity contribution < 1.29 is 18.3 Å². The second-order valence-electron chi connectivity index (χ2n) is 2.89. The molecule has 0 aromatic carbocycles. The molecule has 0 unspecified atom stereocenters. The molecule has 0 radical (unpaired) electrons. The van der Waals surface area contributed by atoms with E-state index in [-0.39, 0.29) is 0 Å². The average Bonchev–Trinajstić information content (AvgIpc) is 2.10. The van der Waals surface area contributed by atoms with Gasteiger partial charge in [-0.1, -0.05) is 0 Å². The van der Waals surface area contributed by atoms with E-state index in [9.17, 15) is 13.2 Å². The second-order valence-corrected chi connectivity index (χ2v) is 2.89. The Bertz CT molecular complexity index is 344. The van der Waals surface area contributed by atoms with Crippen LogP contribution in [0.3, 0.4) is 0 Å². The summed E-state index contributed by atoms with van der Waals surface area (Å²) in [7, 11) is 0. The van der Waals surface area contributed by atoms with Gasteiger partial charge in [-0.3, -0.25) is 0 Å². The highest BCUT2D eigenvalue weighted by molar-refractivity contribution is 5.14. The number of aliphatic hydroxyl groups excluding tert-OH is 1. The van der Waals surface area contributed by atoms with Crippen LogP contribution >= 0.6 is 0 Å². The highest BCUT2D eigenvalue weighted by atomic mass is 19.2. The van der Waals surface area contributed by atoms with Crippen molar-refractivity contribution >= 4 is 0 Å². The molecule has 6 heteroatoms. The van der Waals surface area contributed by atoms with Gasteiger partial charge in [-0.05, 0) is 6.92 Å². The van der Waals surface area contributed by atoms with Crippen LogP contribution in [0.5, 0.6) is 0 Å². The monoisotopic (exact) mass is 206 g/mol. The molecular formula is C8H9F3N2O. The summed E-state index contributed by atoms with van der Waals surface area (Å²) < 4.78 is 38.0. The Morgan fingerprint density at radius 1 is 1.36 bits per heavy atom. The first-order valence-electron chi connectivity index (χ1n) is 3.88. The first-order chi connectivity index (χ1) is 6.43. The molecule has 0 aliphatic carbocycles. The molecule has 1 aromatic rings. The van der Waals surface area contributed by atoms with Crippen LogP contribution in [0.25, 0.3) is 0 Å². The molecule has 0 saturated heterocycles. The minimum absolute atomic E-state index is 0.347. The van der Waals surface area contributed by atoms with Crippen LogP contribution in [0.2, 0.25) is 0 Å². The molecule has 0 aliphatic heterocycles. The Morgan fingerprint density at radius 2 is 1.93 bits per heavy atom. The van der Waals surface area contributed by atoms with Crippen LogP contribution in [0.4, 0.5) is 13.2 Å². The molecule has 78 valence electrons. The minimum atomic E-state index is -1.43. The van der Waals surface area contributed by atoms with Gasteiger partial charge in [-0.25, -0.2) is 13.8 Å². The second kappa shape index (κ2) is 3.93. The minimum Gasteiger partial charge on any atom is -0.391 e. The summed E-state index contributed by atoms with van der Waals surface area (Å²) in [5.41, 5.74) is 4.83. The predicted molar refractivity (Wildman–Crippen MR) is 42.7 cm³/mol. The molecule has 3 nitrogen and oxygen atoms in total. The summed E-state index contributed by atoms with van der Waals surface area (Å²) in [6, 6.07) is -0.829. The fourth-order valence-corrected chi connectivity index (χ4v) is 0.920. The fraction of sp³-hybridized carbons (Fsp3) is 0.375. The van der Waals surface area contributed by atoms with Crippen LogP contribution in [0.1, 0.15) is 18.7 Å². The van der Waals surface area contributed by atoms with Crippen molar-refractivity contribution in [2.24, 2.45) is 5.73 Å². The number of aliphatic hydroxyl groups is 1. The maximum Gasteiger partial charge on any atom is 0.249 e. The molecule has 0 aliphatic rings.